The third-order valence-corrected chi connectivity index (χ3v) is 3.57. The number of carbonyl (C=O) groups is 1. The van der Waals surface area contributed by atoms with Gasteiger partial charge in [0.15, 0.2) is 5.78 Å². The molecule has 1 heterocycles. The summed E-state index contributed by atoms with van der Waals surface area (Å²) in [6.07, 6.45) is 4.86. The summed E-state index contributed by atoms with van der Waals surface area (Å²) in [6, 6.07) is 6.97. The molecule has 1 aromatic carbocycles. The number of hydrogen-bond donors (Lipinski definition) is 0. The van der Waals surface area contributed by atoms with Gasteiger partial charge in [-0.25, -0.2) is 4.98 Å². The SMILES string of the molecule is CC(Sc1cnccn1)C(=O)c1cccc(Cl)c1. The Morgan fingerprint density at radius 3 is 2.89 bits per heavy atom. The number of carbonyl (C=O) groups excluding carboxylic acids is 1. The number of ketones is 1. The molecular formula is C13H11ClN2OS. The Morgan fingerprint density at radius 2 is 2.22 bits per heavy atom. The topological polar surface area (TPSA) is 42.9 Å². The number of hydrogen-bond acceptors (Lipinski definition) is 4. The number of thioether (sulfide) groups is 1. The summed E-state index contributed by atoms with van der Waals surface area (Å²) < 4.78 is 0. The summed E-state index contributed by atoms with van der Waals surface area (Å²) in [5.41, 5.74) is 0.617. The van der Waals surface area contributed by atoms with Crippen molar-refractivity contribution in [2.75, 3.05) is 0 Å². The highest BCUT2D eigenvalue weighted by Crippen LogP contribution is 2.23. The van der Waals surface area contributed by atoms with Gasteiger partial charge in [-0.1, -0.05) is 35.5 Å². The van der Waals surface area contributed by atoms with Crippen LogP contribution in [-0.4, -0.2) is 21.0 Å². The molecule has 0 saturated carbocycles. The van der Waals surface area contributed by atoms with Crippen LogP contribution in [0, 0.1) is 0 Å². The molecule has 0 spiro atoms. The van der Waals surface area contributed by atoms with Crippen LogP contribution in [0.5, 0.6) is 0 Å². The van der Waals surface area contributed by atoms with Crippen molar-refractivity contribution < 1.29 is 4.79 Å². The van der Waals surface area contributed by atoms with Crippen LogP contribution in [0.15, 0.2) is 47.9 Å². The molecule has 0 aliphatic heterocycles. The van der Waals surface area contributed by atoms with Crippen LogP contribution < -0.4 is 0 Å². The second kappa shape index (κ2) is 5.98. The van der Waals surface area contributed by atoms with Crippen molar-refractivity contribution in [2.24, 2.45) is 0 Å². The zero-order valence-electron chi connectivity index (χ0n) is 9.71. The van der Waals surface area contributed by atoms with Gasteiger partial charge in [-0.05, 0) is 19.1 Å². The van der Waals surface area contributed by atoms with Gasteiger partial charge in [0.1, 0.15) is 5.03 Å². The average molecular weight is 279 g/mol. The first-order valence-corrected chi connectivity index (χ1v) is 6.65. The van der Waals surface area contributed by atoms with E-state index in [0.29, 0.717) is 10.6 Å². The lowest BCUT2D eigenvalue weighted by Crippen LogP contribution is -2.13. The van der Waals surface area contributed by atoms with Gasteiger partial charge in [-0.15, -0.1) is 0 Å². The Bertz CT molecular complexity index is 548. The number of Topliss-reactive ketones (excluding diaryl/α,β-unsaturated/α-hetero) is 1. The molecule has 3 nitrogen and oxygen atoms in total. The third kappa shape index (κ3) is 3.31. The molecule has 0 radical (unpaired) electrons. The van der Waals surface area contributed by atoms with Crippen LogP contribution >= 0.6 is 23.4 Å². The van der Waals surface area contributed by atoms with Crippen molar-refractivity contribution in [3.8, 4) is 0 Å². The van der Waals surface area contributed by atoms with Crippen molar-refractivity contribution in [3.05, 3.63) is 53.4 Å². The van der Waals surface area contributed by atoms with Gasteiger partial charge in [0.25, 0.3) is 0 Å². The Labute approximate surface area is 115 Å². The zero-order valence-corrected chi connectivity index (χ0v) is 11.3. The molecule has 0 N–H and O–H groups in total. The summed E-state index contributed by atoms with van der Waals surface area (Å²) in [6.45, 7) is 1.85. The molecule has 0 bridgehead atoms. The molecule has 0 fully saturated rings. The number of nitrogens with zero attached hydrogens (tertiary/aromatic N) is 2. The first-order valence-electron chi connectivity index (χ1n) is 5.39. The number of aromatic nitrogens is 2. The Hall–Kier alpha value is -1.39. The molecule has 0 aliphatic carbocycles. The highest BCUT2D eigenvalue weighted by atomic mass is 35.5. The quantitative estimate of drug-likeness (QED) is 0.634. The molecule has 1 unspecified atom stereocenters. The summed E-state index contributed by atoms with van der Waals surface area (Å²) in [7, 11) is 0. The maximum atomic E-state index is 12.2. The molecule has 1 aromatic heterocycles. The fourth-order valence-electron chi connectivity index (χ4n) is 1.46. The molecule has 92 valence electrons. The maximum Gasteiger partial charge on any atom is 0.175 e. The molecule has 2 rings (SSSR count). The summed E-state index contributed by atoms with van der Waals surface area (Å²) in [5.74, 6) is 0.0353. The van der Waals surface area contributed by atoms with Gasteiger partial charge in [0.05, 0.1) is 11.4 Å². The van der Waals surface area contributed by atoms with E-state index in [-0.39, 0.29) is 11.0 Å². The van der Waals surface area contributed by atoms with E-state index in [1.165, 1.54) is 11.8 Å². The van der Waals surface area contributed by atoms with Crippen LogP contribution in [0.2, 0.25) is 5.02 Å². The molecule has 18 heavy (non-hydrogen) atoms. The molecule has 5 heteroatoms. The number of halogens is 1. The summed E-state index contributed by atoms with van der Waals surface area (Å²) in [5, 5.41) is 1.08. The van der Waals surface area contributed by atoms with E-state index < -0.39 is 0 Å². The van der Waals surface area contributed by atoms with Gasteiger partial charge in [0.2, 0.25) is 0 Å². The molecule has 0 amide bonds. The molecular weight excluding hydrogens is 268 g/mol. The molecule has 0 saturated heterocycles. The second-order valence-corrected chi connectivity index (χ2v) is 5.48. The minimum absolute atomic E-state index is 0.0353. The van der Waals surface area contributed by atoms with Crippen molar-refractivity contribution in [1.29, 1.82) is 0 Å². The predicted molar refractivity (Wildman–Crippen MR) is 73.1 cm³/mol. The van der Waals surface area contributed by atoms with Crippen LogP contribution in [0.4, 0.5) is 0 Å². The van der Waals surface area contributed by atoms with E-state index in [4.69, 9.17) is 11.6 Å². The lowest BCUT2D eigenvalue weighted by molar-refractivity contribution is 0.0994. The van der Waals surface area contributed by atoms with E-state index in [1.807, 2.05) is 6.92 Å². The summed E-state index contributed by atoms with van der Waals surface area (Å²) in [4.78, 5) is 20.3. The molecule has 0 aliphatic rings. The highest BCUT2D eigenvalue weighted by Gasteiger charge is 2.17. The second-order valence-electron chi connectivity index (χ2n) is 3.68. The normalized spacial score (nSPS) is 12.1. The average Bonchev–Trinajstić information content (AvgIpc) is 2.39. The van der Waals surface area contributed by atoms with E-state index in [1.54, 1.807) is 42.9 Å². The zero-order chi connectivity index (χ0) is 13.0. The van der Waals surface area contributed by atoms with Gasteiger partial charge in [0, 0.05) is 23.0 Å². The lowest BCUT2D eigenvalue weighted by Gasteiger charge is -2.09. The smallest absolute Gasteiger partial charge is 0.175 e. The van der Waals surface area contributed by atoms with Gasteiger partial charge in [-0.2, -0.15) is 0 Å². The van der Waals surface area contributed by atoms with E-state index in [0.717, 1.165) is 5.03 Å². The van der Waals surface area contributed by atoms with Crippen molar-refractivity contribution in [2.45, 2.75) is 17.2 Å². The highest BCUT2D eigenvalue weighted by molar-refractivity contribution is 8.00. The fraction of sp³-hybridized carbons (Fsp3) is 0.154. The van der Waals surface area contributed by atoms with E-state index >= 15 is 0 Å². The maximum absolute atomic E-state index is 12.2. The molecule has 2 aromatic rings. The number of benzene rings is 1. The largest absolute Gasteiger partial charge is 0.293 e. The van der Waals surface area contributed by atoms with Gasteiger partial charge >= 0.3 is 0 Å². The van der Waals surface area contributed by atoms with Crippen LogP contribution in [0.25, 0.3) is 0 Å². The summed E-state index contributed by atoms with van der Waals surface area (Å²) >= 11 is 7.26. The van der Waals surface area contributed by atoms with Gasteiger partial charge in [-0.3, -0.25) is 9.78 Å². The Morgan fingerprint density at radius 1 is 1.39 bits per heavy atom. The van der Waals surface area contributed by atoms with Gasteiger partial charge < -0.3 is 0 Å². The number of rotatable bonds is 4. The predicted octanol–water partition coefficient (Wildman–Crippen LogP) is 3.49. The first-order chi connectivity index (χ1) is 8.66. The van der Waals surface area contributed by atoms with E-state index in [9.17, 15) is 4.79 Å². The fourth-order valence-corrected chi connectivity index (χ4v) is 2.50. The van der Waals surface area contributed by atoms with Crippen LogP contribution in [0.1, 0.15) is 17.3 Å². The van der Waals surface area contributed by atoms with Crippen LogP contribution in [0.3, 0.4) is 0 Å². The Kier molecular flexibility index (Phi) is 4.33. The molecule has 1 atom stereocenters. The van der Waals surface area contributed by atoms with Crippen molar-refractivity contribution >= 4 is 29.1 Å². The van der Waals surface area contributed by atoms with Crippen molar-refractivity contribution in [1.82, 2.24) is 9.97 Å². The Balaban J connectivity index is 2.10. The standard InChI is InChI=1S/C13H11ClN2OS/c1-9(18-12-8-15-5-6-16-12)13(17)10-3-2-4-11(14)7-10/h2-9H,1H3. The lowest BCUT2D eigenvalue weighted by atomic mass is 10.1. The first kappa shape index (κ1) is 13.1. The van der Waals surface area contributed by atoms with Crippen LogP contribution in [-0.2, 0) is 0 Å². The minimum Gasteiger partial charge on any atom is -0.293 e. The minimum atomic E-state index is -0.222. The van der Waals surface area contributed by atoms with Crippen molar-refractivity contribution in [3.63, 3.8) is 0 Å². The monoisotopic (exact) mass is 278 g/mol. The third-order valence-electron chi connectivity index (χ3n) is 2.32. The van der Waals surface area contributed by atoms with E-state index in [2.05, 4.69) is 9.97 Å².